The van der Waals surface area contributed by atoms with E-state index in [2.05, 4.69) is 20.7 Å². The number of hydrogen-bond donors (Lipinski definition) is 1. The molecule has 1 aliphatic heterocycles. The molecule has 0 radical (unpaired) electrons. The molecule has 6 nitrogen and oxygen atoms in total. The van der Waals surface area contributed by atoms with Gasteiger partial charge in [-0.05, 0) is 5.21 Å². The van der Waals surface area contributed by atoms with E-state index in [1.165, 1.54) is 4.80 Å². The average Bonchev–Trinajstić information content (AvgIpc) is 2.33. The predicted octanol–water partition coefficient (Wildman–Crippen LogP) is -1.36. The fraction of sp³-hybridized carbons (Fsp3) is 0.667. The highest BCUT2D eigenvalue weighted by Crippen LogP contribution is 2.07. The van der Waals surface area contributed by atoms with Crippen LogP contribution in [0.2, 0.25) is 0 Å². The minimum atomic E-state index is 0.101. The number of hydrogen-bond acceptors (Lipinski definition) is 4. The monoisotopic (exact) mass is 167 g/mol. The average molecular weight is 167 g/mol. The van der Waals surface area contributed by atoms with Crippen molar-refractivity contribution in [3.63, 3.8) is 0 Å². The Balaban J connectivity index is 1.92. The Kier molecular flexibility index (Phi) is 1.53. The maximum Gasteiger partial charge on any atom is 0.222 e. The molecule has 0 aliphatic carbocycles. The highest BCUT2D eigenvalue weighted by molar-refractivity contribution is 5.82. The van der Waals surface area contributed by atoms with Crippen molar-refractivity contribution in [2.75, 3.05) is 0 Å². The number of nitrogens with one attached hydrogen (secondary N) is 1. The van der Waals surface area contributed by atoms with Crippen LogP contribution in [0.15, 0.2) is 0 Å². The first-order valence-corrected chi connectivity index (χ1v) is 3.76. The third kappa shape index (κ3) is 1.27. The number of aromatic nitrogens is 4. The largest absolute Gasteiger partial charge is 0.352 e. The third-order valence-electron chi connectivity index (χ3n) is 1.78. The van der Waals surface area contributed by atoms with Crippen LogP contribution < -0.4 is 5.32 Å². The van der Waals surface area contributed by atoms with Gasteiger partial charge in [0.25, 0.3) is 0 Å². The van der Waals surface area contributed by atoms with Crippen LogP contribution in [0.4, 0.5) is 0 Å². The van der Waals surface area contributed by atoms with Crippen molar-refractivity contribution in [2.45, 2.75) is 18.9 Å². The van der Waals surface area contributed by atoms with E-state index in [0.29, 0.717) is 18.7 Å². The van der Waals surface area contributed by atoms with E-state index in [4.69, 9.17) is 0 Å². The van der Waals surface area contributed by atoms with Crippen molar-refractivity contribution in [2.24, 2.45) is 7.05 Å². The van der Waals surface area contributed by atoms with Crippen molar-refractivity contribution < 1.29 is 4.79 Å². The van der Waals surface area contributed by atoms with E-state index < -0.39 is 0 Å². The lowest BCUT2D eigenvalue weighted by atomic mass is 10.0. The van der Waals surface area contributed by atoms with Crippen LogP contribution in [0, 0.1) is 0 Å². The molecule has 2 rings (SSSR count). The summed E-state index contributed by atoms with van der Waals surface area (Å²) in [6, 6.07) is 0.210. The summed E-state index contributed by atoms with van der Waals surface area (Å²) in [5, 5.41) is 14.2. The summed E-state index contributed by atoms with van der Waals surface area (Å²) in [6.07, 6.45) is 1.26. The molecule has 12 heavy (non-hydrogen) atoms. The highest BCUT2D eigenvalue weighted by atomic mass is 16.2. The molecule has 0 bridgehead atoms. The summed E-state index contributed by atoms with van der Waals surface area (Å²) in [4.78, 5) is 11.9. The molecule has 1 atom stereocenters. The van der Waals surface area contributed by atoms with Gasteiger partial charge in [0.1, 0.15) is 0 Å². The highest BCUT2D eigenvalue weighted by Gasteiger charge is 2.26. The van der Waals surface area contributed by atoms with Gasteiger partial charge in [-0.25, -0.2) is 0 Å². The standard InChI is InChI=1S/C6H9N5O/c1-11-9-5(8-10-11)2-4-3-6(12)7-4/h4H,2-3H2,1H3,(H,7,12)/t4-/m1/s1. The van der Waals surface area contributed by atoms with Gasteiger partial charge in [-0.1, -0.05) is 0 Å². The molecule has 0 saturated carbocycles. The molecule has 6 heteroatoms. The fourth-order valence-corrected chi connectivity index (χ4v) is 1.18. The van der Waals surface area contributed by atoms with Crippen molar-refractivity contribution in [3.05, 3.63) is 5.82 Å². The van der Waals surface area contributed by atoms with Crippen molar-refractivity contribution in [3.8, 4) is 0 Å². The molecule has 1 N–H and O–H groups in total. The normalized spacial score (nSPS) is 21.8. The molecule has 1 saturated heterocycles. The van der Waals surface area contributed by atoms with Crippen LogP contribution >= 0.6 is 0 Å². The number of nitrogens with zero attached hydrogens (tertiary/aromatic N) is 4. The summed E-state index contributed by atoms with van der Waals surface area (Å²) < 4.78 is 0. The van der Waals surface area contributed by atoms with Crippen LogP contribution in [0.1, 0.15) is 12.2 Å². The van der Waals surface area contributed by atoms with Crippen LogP contribution in [0.5, 0.6) is 0 Å². The van der Waals surface area contributed by atoms with Gasteiger partial charge < -0.3 is 5.32 Å². The maximum atomic E-state index is 10.5. The molecular weight excluding hydrogens is 158 g/mol. The number of rotatable bonds is 2. The topological polar surface area (TPSA) is 72.7 Å². The smallest absolute Gasteiger partial charge is 0.222 e. The Morgan fingerprint density at radius 1 is 1.75 bits per heavy atom. The number of β-lactam (4-membered cyclic amide) rings is 1. The first kappa shape index (κ1) is 7.20. The Morgan fingerprint density at radius 2 is 2.50 bits per heavy atom. The van der Waals surface area contributed by atoms with Gasteiger partial charge in [-0.15, -0.1) is 10.2 Å². The van der Waals surface area contributed by atoms with Crippen LogP contribution in [-0.4, -0.2) is 32.2 Å². The zero-order chi connectivity index (χ0) is 8.55. The SMILES string of the molecule is Cn1nnc(C[C@@H]2CC(=O)N2)n1. The summed E-state index contributed by atoms with van der Waals surface area (Å²) in [7, 11) is 1.72. The van der Waals surface area contributed by atoms with E-state index in [0.717, 1.165) is 0 Å². The molecule has 0 aromatic carbocycles. The molecule has 1 amide bonds. The lowest BCUT2D eigenvalue weighted by Crippen LogP contribution is -2.49. The molecule has 2 heterocycles. The molecule has 1 aromatic heterocycles. The van der Waals surface area contributed by atoms with Gasteiger partial charge in [0.15, 0.2) is 5.82 Å². The van der Waals surface area contributed by atoms with Gasteiger partial charge in [-0.2, -0.15) is 4.80 Å². The first-order valence-electron chi connectivity index (χ1n) is 3.76. The van der Waals surface area contributed by atoms with E-state index in [-0.39, 0.29) is 11.9 Å². The Hall–Kier alpha value is -1.46. The van der Waals surface area contributed by atoms with Gasteiger partial charge in [-0.3, -0.25) is 4.79 Å². The molecule has 1 aliphatic rings. The molecule has 64 valence electrons. The summed E-state index contributed by atoms with van der Waals surface area (Å²) in [5.41, 5.74) is 0. The van der Waals surface area contributed by atoms with E-state index in [1.807, 2.05) is 0 Å². The number of carbonyl (C=O) groups is 1. The second-order valence-corrected chi connectivity index (χ2v) is 2.87. The second-order valence-electron chi connectivity index (χ2n) is 2.87. The molecule has 0 spiro atoms. The minimum Gasteiger partial charge on any atom is -0.352 e. The fourth-order valence-electron chi connectivity index (χ4n) is 1.18. The van der Waals surface area contributed by atoms with Crippen LogP contribution in [0.3, 0.4) is 0 Å². The lowest BCUT2D eigenvalue weighted by molar-refractivity contribution is -0.128. The van der Waals surface area contributed by atoms with Crippen LogP contribution in [0.25, 0.3) is 0 Å². The van der Waals surface area contributed by atoms with E-state index in [1.54, 1.807) is 7.05 Å². The summed E-state index contributed by atoms with van der Waals surface area (Å²) in [5.74, 6) is 0.784. The summed E-state index contributed by atoms with van der Waals surface area (Å²) >= 11 is 0. The molecule has 1 aromatic rings. The van der Waals surface area contributed by atoms with Gasteiger partial charge >= 0.3 is 0 Å². The van der Waals surface area contributed by atoms with E-state index in [9.17, 15) is 4.79 Å². The number of amides is 1. The molecule has 0 unspecified atom stereocenters. The molecular formula is C6H9N5O. The van der Waals surface area contributed by atoms with Crippen molar-refractivity contribution >= 4 is 5.91 Å². The number of carbonyl (C=O) groups excluding carboxylic acids is 1. The predicted molar refractivity (Wildman–Crippen MR) is 39.0 cm³/mol. The Bertz CT molecular complexity index is 299. The Morgan fingerprint density at radius 3 is 3.00 bits per heavy atom. The molecule has 1 fully saturated rings. The van der Waals surface area contributed by atoms with Gasteiger partial charge in [0, 0.05) is 18.9 Å². The third-order valence-corrected chi connectivity index (χ3v) is 1.78. The Labute approximate surface area is 68.9 Å². The van der Waals surface area contributed by atoms with Gasteiger partial charge in [0.2, 0.25) is 5.91 Å². The number of aryl methyl sites for hydroxylation is 1. The first-order chi connectivity index (χ1) is 5.74. The van der Waals surface area contributed by atoms with Gasteiger partial charge in [0.05, 0.1) is 7.05 Å². The minimum absolute atomic E-state index is 0.101. The second kappa shape index (κ2) is 2.54. The van der Waals surface area contributed by atoms with Crippen molar-refractivity contribution in [1.29, 1.82) is 0 Å². The quantitative estimate of drug-likeness (QED) is 0.552. The zero-order valence-corrected chi connectivity index (χ0v) is 6.69. The number of tetrazole rings is 1. The van der Waals surface area contributed by atoms with E-state index >= 15 is 0 Å². The zero-order valence-electron chi connectivity index (χ0n) is 6.69. The summed E-state index contributed by atoms with van der Waals surface area (Å²) in [6.45, 7) is 0. The lowest BCUT2D eigenvalue weighted by Gasteiger charge is -2.25. The van der Waals surface area contributed by atoms with Crippen LogP contribution in [-0.2, 0) is 18.3 Å². The van der Waals surface area contributed by atoms with Crippen molar-refractivity contribution in [1.82, 2.24) is 25.5 Å². The maximum absolute atomic E-state index is 10.5.